The van der Waals surface area contributed by atoms with Crippen LogP contribution >= 0.6 is 11.3 Å². The predicted octanol–water partition coefficient (Wildman–Crippen LogP) is 4.72. The molecule has 2 aromatic carbocycles. The van der Waals surface area contributed by atoms with Crippen molar-refractivity contribution >= 4 is 22.9 Å². The fourth-order valence-electron chi connectivity index (χ4n) is 3.21. The summed E-state index contributed by atoms with van der Waals surface area (Å²) >= 11 is 1.71. The van der Waals surface area contributed by atoms with Crippen LogP contribution in [-0.4, -0.2) is 17.4 Å². The minimum Gasteiger partial charge on any atom is -0.312 e. The molecule has 1 aromatic heterocycles. The molecular weight excluding hydrogens is 328 g/mol. The number of thiazole rings is 1. The first-order chi connectivity index (χ1) is 12.3. The highest BCUT2D eigenvalue weighted by atomic mass is 32.1. The normalized spacial score (nSPS) is 14.2. The molecule has 1 saturated heterocycles. The monoisotopic (exact) mass is 348 g/mol. The highest BCUT2D eigenvalue weighted by molar-refractivity contribution is 7.09. The number of rotatable bonds is 5. The maximum absolute atomic E-state index is 12.0. The Morgan fingerprint density at radius 1 is 1.04 bits per heavy atom. The molecule has 2 heterocycles. The van der Waals surface area contributed by atoms with Crippen LogP contribution in [-0.2, 0) is 17.6 Å². The van der Waals surface area contributed by atoms with E-state index in [0.717, 1.165) is 47.8 Å². The summed E-state index contributed by atoms with van der Waals surface area (Å²) < 4.78 is 0. The molecule has 0 aliphatic carbocycles. The molecule has 0 bridgehead atoms. The molecule has 3 nitrogen and oxygen atoms in total. The van der Waals surface area contributed by atoms with Crippen molar-refractivity contribution in [2.24, 2.45) is 0 Å². The van der Waals surface area contributed by atoms with Crippen molar-refractivity contribution in [3.05, 3.63) is 70.5 Å². The number of nitrogens with zero attached hydrogens (tertiary/aromatic N) is 2. The van der Waals surface area contributed by atoms with Crippen molar-refractivity contribution in [1.29, 1.82) is 0 Å². The SMILES string of the molecule is O=C1CCCN1c1cccc(-c2csc(CCc3ccccc3)n2)c1. The molecule has 0 spiro atoms. The molecule has 0 saturated carbocycles. The molecule has 126 valence electrons. The topological polar surface area (TPSA) is 33.2 Å². The van der Waals surface area contributed by atoms with Crippen LogP contribution in [0.4, 0.5) is 5.69 Å². The fraction of sp³-hybridized carbons (Fsp3) is 0.238. The first-order valence-corrected chi connectivity index (χ1v) is 9.57. The van der Waals surface area contributed by atoms with Gasteiger partial charge in [-0.2, -0.15) is 0 Å². The third-order valence-electron chi connectivity index (χ3n) is 4.55. The largest absolute Gasteiger partial charge is 0.312 e. The van der Waals surface area contributed by atoms with Crippen molar-refractivity contribution in [1.82, 2.24) is 4.98 Å². The summed E-state index contributed by atoms with van der Waals surface area (Å²) in [5.41, 5.74) is 4.41. The van der Waals surface area contributed by atoms with Gasteiger partial charge in [-0.15, -0.1) is 11.3 Å². The maximum Gasteiger partial charge on any atom is 0.227 e. The summed E-state index contributed by atoms with van der Waals surface area (Å²) in [7, 11) is 0. The van der Waals surface area contributed by atoms with Crippen LogP contribution in [0.15, 0.2) is 60.0 Å². The molecule has 0 atom stereocenters. The Bertz CT molecular complexity index is 872. The third-order valence-corrected chi connectivity index (χ3v) is 5.46. The van der Waals surface area contributed by atoms with E-state index in [2.05, 4.69) is 41.8 Å². The van der Waals surface area contributed by atoms with Crippen LogP contribution in [0, 0.1) is 0 Å². The summed E-state index contributed by atoms with van der Waals surface area (Å²) in [5.74, 6) is 0.221. The number of carbonyl (C=O) groups excluding carboxylic acids is 1. The van der Waals surface area contributed by atoms with Gasteiger partial charge in [-0.05, 0) is 30.5 Å². The average molecular weight is 348 g/mol. The Balaban J connectivity index is 1.49. The molecule has 1 aliphatic heterocycles. The van der Waals surface area contributed by atoms with Crippen molar-refractivity contribution in [3.8, 4) is 11.3 Å². The van der Waals surface area contributed by atoms with Gasteiger partial charge in [-0.3, -0.25) is 4.79 Å². The van der Waals surface area contributed by atoms with Gasteiger partial charge in [0.15, 0.2) is 0 Å². The van der Waals surface area contributed by atoms with Crippen molar-refractivity contribution < 1.29 is 4.79 Å². The smallest absolute Gasteiger partial charge is 0.227 e. The summed E-state index contributed by atoms with van der Waals surface area (Å²) in [5, 5.41) is 3.27. The van der Waals surface area contributed by atoms with Gasteiger partial charge in [0.1, 0.15) is 0 Å². The lowest BCUT2D eigenvalue weighted by atomic mass is 10.1. The number of aromatic nitrogens is 1. The number of benzene rings is 2. The van der Waals surface area contributed by atoms with Gasteiger partial charge in [0.05, 0.1) is 10.7 Å². The number of hydrogen-bond donors (Lipinski definition) is 0. The maximum atomic E-state index is 12.0. The Labute approximate surface area is 152 Å². The molecule has 0 radical (unpaired) electrons. The average Bonchev–Trinajstić information content (AvgIpc) is 3.30. The molecular formula is C21H20N2OS. The predicted molar refractivity (Wildman–Crippen MR) is 103 cm³/mol. The van der Waals surface area contributed by atoms with Gasteiger partial charge in [0.25, 0.3) is 0 Å². The van der Waals surface area contributed by atoms with E-state index in [9.17, 15) is 4.79 Å². The van der Waals surface area contributed by atoms with Crippen molar-refractivity contribution in [2.75, 3.05) is 11.4 Å². The van der Waals surface area contributed by atoms with Gasteiger partial charge in [0.2, 0.25) is 5.91 Å². The second-order valence-corrected chi connectivity index (χ2v) is 7.25. The van der Waals surface area contributed by atoms with Gasteiger partial charge in [-0.25, -0.2) is 4.98 Å². The van der Waals surface area contributed by atoms with E-state index < -0.39 is 0 Å². The zero-order valence-corrected chi connectivity index (χ0v) is 14.8. The molecule has 0 N–H and O–H groups in total. The van der Waals surface area contributed by atoms with E-state index in [1.165, 1.54) is 5.56 Å². The molecule has 1 fully saturated rings. The first-order valence-electron chi connectivity index (χ1n) is 8.69. The Morgan fingerprint density at radius 3 is 2.72 bits per heavy atom. The molecule has 4 rings (SSSR count). The Morgan fingerprint density at radius 2 is 1.92 bits per heavy atom. The molecule has 0 unspecified atom stereocenters. The Hall–Kier alpha value is -2.46. The third kappa shape index (κ3) is 3.64. The van der Waals surface area contributed by atoms with Crippen LogP contribution in [0.25, 0.3) is 11.3 Å². The van der Waals surface area contributed by atoms with Crippen LogP contribution in [0.2, 0.25) is 0 Å². The molecule has 1 aliphatic rings. The minimum atomic E-state index is 0.221. The van der Waals surface area contributed by atoms with Gasteiger partial charge < -0.3 is 4.90 Å². The lowest BCUT2D eigenvalue weighted by Gasteiger charge is -2.16. The van der Waals surface area contributed by atoms with E-state index in [4.69, 9.17) is 4.98 Å². The number of carbonyl (C=O) groups is 1. The van der Waals surface area contributed by atoms with Crippen LogP contribution in [0.5, 0.6) is 0 Å². The van der Waals surface area contributed by atoms with Crippen molar-refractivity contribution in [2.45, 2.75) is 25.7 Å². The molecule has 25 heavy (non-hydrogen) atoms. The van der Waals surface area contributed by atoms with E-state index >= 15 is 0 Å². The number of amides is 1. The zero-order valence-electron chi connectivity index (χ0n) is 14.0. The van der Waals surface area contributed by atoms with E-state index in [1.54, 1.807) is 11.3 Å². The van der Waals surface area contributed by atoms with Crippen LogP contribution in [0.1, 0.15) is 23.4 Å². The summed E-state index contributed by atoms with van der Waals surface area (Å²) in [6.45, 7) is 0.821. The molecule has 4 heteroatoms. The number of hydrogen-bond acceptors (Lipinski definition) is 3. The highest BCUT2D eigenvalue weighted by Gasteiger charge is 2.21. The number of aryl methyl sites for hydroxylation is 2. The standard InChI is InChI=1S/C21H20N2OS/c24-21-10-5-13-23(21)18-9-4-8-17(14-18)19-15-25-20(22-19)12-11-16-6-2-1-3-7-16/h1-4,6-9,14-15H,5,10-13H2. The van der Waals surface area contributed by atoms with E-state index in [-0.39, 0.29) is 5.91 Å². The first kappa shape index (κ1) is 16.0. The van der Waals surface area contributed by atoms with Crippen LogP contribution in [0.3, 0.4) is 0 Å². The van der Waals surface area contributed by atoms with Gasteiger partial charge in [0, 0.05) is 36.0 Å². The van der Waals surface area contributed by atoms with Gasteiger partial charge in [-0.1, -0.05) is 42.5 Å². The lowest BCUT2D eigenvalue weighted by Crippen LogP contribution is -2.23. The minimum absolute atomic E-state index is 0.221. The highest BCUT2D eigenvalue weighted by Crippen LogP contribution is 2.28. The van der Waals surface area contributed by atoms with Crippen LogP contribution < -0.4 is 4.90 Å². The van der Waals surface area contributed by atoms with Crippen molar-refractivity contribution in [3.63, 3.8) is 0 Å². The molecule has 1 amide bonds. The summed E-state index contributed by atoms with van der Waals surface area (Å²) in [6.07, 6.45) is 3.57. The van der Waals surface area contributed by atoms with E-state index in [0.29, 0.717) is 6.42 Å². The summed E-state index contributed by atoms with van der Waals surface area (Å²) in [6, 6.07) is 18.7. The zero-order chi connectivity index (χ0) is 17.1. The fourth-order valence-corrected chi connectivity index (χ4v) is 4.02. The lowest BCUT2D eigenvalue weighted by molar-refractivity contribution is -0.117. The quantitative estimate of drug-likeness (QED) is 0.668. The second-order valence-electron chi connectivity index (χ2n) is 6.31. The molecule has 3 aromatic rings. The van der Waals surface area contributed by atoms with Gasteiger partial charge >= 0.3 is 0 Å². The Kier molecular flexibility index (Phi) is 4.61. The van der Waals surface area contributed by atoms with E-state index in [1.807, 2.05) is 23.1 Å². The summed E-state index contributed by atoms with van der Waals surface area (Å²) in [4.78, 5) is 18.6. The second kappa shape index (κ2) is 7.19. The number of anilines is 1.